The van der Waals surface area contributed by atoms with Crippen LogP contribution in [0.25, 0.3) is 0 Å². The van der Waals surface area contributed by atoms with E-state index in [9.17, 15) is 18.8 Å². The molecule has 1 fully saturated rings. The van der Waals surface area contributed by atoms with Crippen LogP contribution in [0, 0.1) is 5.82 Å². The molecule has 0 radical (unpaired) electrons. The first-order valence-corrected chi connectivity index (χ1v) is 8.68. The van der Waals surface area contributed by atoms with Gasteiger partial charge in [0.1, 0.15) is 12.4 Å². The van der Waals surface area contributed by atoms with Gasteiger partial charge in [-0.1, -0.05) is 22.9 Å². The third-order valence-corrected chi connectivity index (χ3v) is 4.59. The number of carbonyl (C=O) groups excluding carboxylic acids is 3. The van der Waals surface area contributed by atoms with Crippen LogP contribution in [0.15, 0.2) is 58.9 Å². The summed E-state index contributed by atoms with van der Waals surface area (Å²) in [5, 5.41) is 11.8. The van der Waals surface area contributed by atoms with E-state index in [4.69, 9.17) is 11.6 Å². The lowest BCUT2D eigenvalue weighted by Crippen LogP contribution is -2.43. The second-order valence-corrected chi connectivity index (χ2v) is 6.68. The van der Waals surface area contributed by atoms with Gasteiger partial charge < -0.3 is 5.32 Å². The summed E-state index contributed by atoms with van der Waals surface area (Å²) in [5.41, 5.74) is 0.733. The normalized spacial score (nSPS) is 20.6. The molecule has 0 spiro atoms. The van der Waals surface area contributed by atoms with Crippen LogP contribution in [-0.4, -0.2) is 41.4 Å². The van der Waals surface area contributed by atoms with Gasteiger partial charge in [0.05, 0.1) is 5.69 Å². The fraction of sp³-hybridized carbons (Fsp3) is 0.167. The van der Waals surface area contributed by atoms with Crippen LogP contribution in [0.3, 0.4) is 0 Å². The first-order chi connectivity index (χ1) is 13.4. The van der Waals surface area contributed by atoms with E-state index in [1.165, 1.54) is 35.3 Å². The topological polar surface area (TPSA) is 94.4 Å². The minimum atomic E-state index is -1.01. The molecule has 2 aromatic carbocycles. The number of benzene rings is 2. The molecule has 28 heavy (non-hydrogen) atoms. The van der Waals surface area contributed by atoms with Crippen molar-refractivity contribution in [2.45, 2.75) is 12.1 Å². The molecule has 10 heteroatoms. The second kappa shape index (κ2) is 7.01. The quantitative estimate of drug-likeness (QED) is 0.796. The highest BCUT2D eigenvalue weighted by Gasteiger charge is 2.55. The Hall–Kier alpha value is -3.33. The van der Waals surface area contributed by atoms with Crippen LogP contribution in [0.5, 0.6) is 0 Å². The van der Waals surface area contributed by atoms with Crippen LogP contribution in [0.4, 0.5) is 15.8 Å². The lowest BCUT2D eigenvalue weighted by Gasteiger charge is -2.20. The average molecular weight is 402 g/mol. The fourth-order valence-corrected chi connectivity index (χ4v) is 3.29. The summed E-state index contributed by atoms with van der Waals surface area (Å²) in [5.74, 6) is -1.96. The number of nitrogens with zero attached hydrogens (tertiary/aromatic N) is 4. The monoisotopic (exact) mass is 401 g/mol. The predicted octanol–water partition coefficient (Wildman–Crippen LogP) is 2.41. The largest absolute Gasteiger partial charge is 0.324 e. The number of nitrogens with one attached hydrogen (secondary N) is 1. The number of imide groups is 1. The van der Waals surface area contributed by atoms with E-state index >= 15 is 0 Å². The van der Waals surface area contributed by atoms with Gasteiger partial charge in [-0.15, -0.1) is 0 Å². The first kappa shape index (κ1) is 18.1. The van der Waals surface area contributed by atoms with E-state index in [0.717, 1.165) is 4.90 Å². The maximum atomic E-state index is 12.9. The highest BCUT2D eigenvalue weighted by molar-refractivity contribution is 6.31. The number of hydrogen-bond donors (Lipinski definition) is 1. The van der Waals surface area contributed by atoms with Gasteiger partial charge in [-0.05, 0) is 42.5 Å². The molecule has 3 amide bonds. The van der Waals surface area contributed by atoms with Crippen molar-refractivity contribution in [1.29, 1.82) is 0 Å². The lowest BCUT2D eigenvalue weighted by molar-refractivity contribution is -0.123. The van der Waals surface area contributed by atoms with Crippen molar-refractivity contribution in [2.24, 2.45) is 10.3 Å². The molecule has 0 bridgehead atoms. The maximum absolute atomic E-state index is 12.9. The summed E-state index contributed by atoms with van der Waals surface area (Å²) in [6, 6.07) is 9.58. The molecule has 0 aliphatic carbocycles. The van der Waals surface area contributed by atoms with Crippen molar-refractivity contribution in [3.05, 3.63) is 59.4 Å². The van der Waals surface area contributed by atoms with E-state index < -0.39 is 35.6 Å². The van der Waals surface area contributed by atoms with Gasteiger partial charge in [0, 0.05) is 10.7 Å². The average Bonchev–Trinajstić information content (AvgIpc) is 3.17. The van der Waals surface area contributed by atoms with Crippen molar-refractivity contribution in [3.63, 3.8) is 0 Å². The lowest BCUT2D eigenvalue weighted by atomic mass is 10.1. The van der Waals surface area contributed by atoms with Gasteiger partial charge in [-0.3, -0.25) is 19.4 Å². The molecule has 0 aromatic heterocycles. The number of carbonyl (C=O) groups is 3. The summed E-state index contributed by atoms with van der Waals surface area (Å²) in [6.45, 7) is -0.287. The number of halogens is 2. The van der Waals surface area contributed by atoms with Crippen LogP contribution in [0.1, 0.15) is 0 Å². The summed E-state index contributed by atoms with van der Waals surface area (Å²) in [6.07, 6.45) is 0. The predicted molar refractivity (Wildman–Crippen MR) is 98.1 cm³/mol. The van der Waals surface area contributed by atoms with Crippen molar-refractivity contribution in [3.8, 4) is 0 Å². The minimum Gasteiger partial charge on any atom is -0.324 e. The van der Waals surface area contributed by atoms with E-state index in [-0.39, 0.29) is 6.54 Å². The second-order valence-electron chi connectivity index (χ2n) is 6.24. The molecule has 8 nitrogen and oxygen atoms in total. The van der Waals surface area contributed by atoms with Gasteiger partial charge >= 0.3 is 0 Å². The minimum absolute atomic E-state index is 0.287. The Bertz CT molecular complexity index is 997. The summed E-state index contributed by atoms with van der Waals surface area (Å²) >= 11 is 5.95. The number of anilines is 2. The van der Waals surface area contributed by atoms with Gasteiger partial charge in [0.15, 0.2) is 12.1 Å². The molecule has 0 unspecified atom stereocenters. The number of amides is 3. The molecule has 142 valence electrons. The zero-order chi connectivity index (χ0) is 19.8. The van der Waals surface area contributed by atoms with E-state index in [2.05, 4.69) is 15.7 Å². The van der Waals surface area contributed by atoms with Crippen LogP contribution >= 0.6 is 11.6 Å². The highest BCUT2D eigenvalue weighted by Crippen LogP contribution is 2.32. The Balaban J connectivity index is 1.49. The van der Waals surface area contributed by atoms with E-state index in [0.29, 0.717) is 16.4 Å². The highest BCUT2D eigenvalue weighted by atomic mass is 35.5. The Morgan fingerprint density at radius 3 is 2.61 bits per heavy atom. The Labute approximate surface area is 163 Å². The smallest absolute Gasteiger partial charge is 0.263 e. The summed E-state index contributed by atoms with van der Waals surface area (Å²) < 4.78 is 12.9. The molecule has 2 aromatic rings. The fourth-order valence-electron chi connectivity index (χ4n) is 3.10. The van der Waals surface area contributed by atoms with Crippen molar-refractivity contribution < 1.29 is 18.8 Å². The van der Waals surface area contributed by atoms with Gasteiger partial charge in [0.2, 0.25) is 5.91 Å². The number of fused-ring (bicyclic) bond motifs is 1. The first-order valence-electron chi connectivity index (χ1n) is 8.30. The molecule has 1 saturated heterocycles. The maximum Gasteiger partial charge on any atom is 0.263 e. The van der Waals surface area contributed by atoms with Gasteiger partial charge in [0.25, 0.3) is 11.8 Å². The van der Waals surface area contributed by atoms with Gasteiger partial charge in [-0.25, -0.2) is 9.29 Å². The van der Waals surface area contributed by atoms with Crippen LogP contribution in [0.2, 0.25) is 5.02 Å². The third kappa shape index (κ3) is 3.20. The SMILES string of the molecule is O=C(CN1N=N[C@H]2C(=O)N(c3cccc(Cl)c3)C(=O)[C@H]21)Nc1ccc(F)cc1. The van der Waals surface area contributed by atoms with E-state index in [1.807, 2.05) is 0 Å². The molecule has 1 N–H and O–H groups in total. The molecular weight excluding hydrogens is 389 g/mol. The summed E-state index contributed by atoms with van der Waals surface area (Å²) in [4.78, 5) is 38.7. The standard InChI is InChI=1S/C18H13ClFN5O3/c19-10-2-1-3-13(8-10)25-17(27)15-16(18(25)28)24(23-22-15)9-14(26)21-12-6-4-11(20)5-7-12/h1-8,15-16H,9H2,(H,21,26)/t15-,16+/m1/s1. The Morgan fingerprint density at radius 2 is 1.89 bits per heavy atom. The van der Waals surface area contributed by atoms with Crippen LogP contribution < -0.4 is 10.2 Å². The van der Waals surface area contributed by atoms with Crippen LogP contribution in [-0.2, 0) is 14.4 Å². The molecule has 0 saturated carbocycles. The molecule has 2 heterocycles. The van der Waals surface area contributed by atoms with Gasteiger partial charge in [-0.2, -0.15) is 5.11 Å². The number of hydrogen-bond acceptors (Lipinski definition) is 6. The van der Waals surface area contributed by atoms with Crippen molar-refractivity contribution >= 4 is 40.7 Å². The Kier molecular flexibility index (Phi) is 4.52. The summed E-state index contributed by atoms with van der Waals surface area (Å²) in [7, 11) is 0. The van der Waals surface area contributed by atoms with E-state index in [1.54, 1.807) is 18.2 Å². The molecule has 2 aliphatic rings. The molecular formula is C18H13ClFN5O3. The molecule has 4 rings (SSSR count). The molecule has 2 atom stereocenters. The van der Waals surface area contributed by atoms with Crippen molar-refractivity contribution in [1.82, 2.24) is 5.01 Å². The zero-order valence-electron chi connectivity index (χ0n) is 14.3. The number of rotatable bonds is 4. The zero-order valence-corrected chi connectivity index (χ0v) is 15.0. The Morgan fingerprint density at radius 1 is 1.14 bits per heavy atom. The van der Waals surface area contributed by atoms with Crippen molar-refractivity contribution in [2.75, 3.05) is 16.8 Å². The third-order valence-electron chi connectivity index (χ3n) is 4.36. The molecule has 2 aliphatic heterocycles.